The third kappa shape index (κ3) is 2.35. The van der Waals surface area contributed by atoms with E-state index in [-0.39, 0.29) is 5.41 Å². The average Bonchev–Trinajstić information content (AvgIpc) is 3.09. The van der Waals surface area contributed by atoms with Gasteiger partial charge in [-0.05, 0) is 29.2 Å². The lowest BCUT2D eigenvalue weighted by Gasteiger charge is -2.23. The highest BCUT2D eigenvalue weighted by Gasteiger charge is 2.40. The number of hydrogen-bond acceptors (Lipinski definition) is 3. The van der Waals surface area contributed by atoms with Crippen molar-refractivity contribution in [1.82, 2.24) is 14.8 Å². The lowest BCUT2D eigenvalue weighted by atomic mass is 9.79. The predicted octanol–water partition coefficient (Wildman–Crippen LogP) is 4.63. The van der Waals surface area contributed by atoms with Crippen molar-refractivity contribution in [3.05, 3.63) is 60.0 Å². The quantitative estimate of drug-likeness (QED) is 0.689. The Balaban J connectivity index is 2.02. The molecule has 0 amide bonds. The molecule has 4 heteroatoms. The van der Waals surface area contributed by atoms with Crippen molar-refractivity contribution < 1.29 is 0 Å². The van der Waals surface area contributed by atoms with E-state index in [9.17, 15) is 5.26 Å². The Morgan fingerprint density at radius 3 is 2.60 bits per heavy atom. The zero-order valence-electron chi connectivity index (χ0n) is 14.7. The van der Waals surface area contributed by atoms with Crippen molar-refractivity contribution in [2.24, 2.45) is 5.41 Å². The van der Waals surface area contributed by atoms with Crippen molar-refractivity contribution in [3.63, 3.8) is 0 Å². The van der Waals surface area contributed by atoms with Crippen LogP contribution in [0, 0.1) is 16.7 Å². The number of hydrogen-bond donors (Lipinski definition) is 0. The monoisotopic (exact) mass is 328 g/mol. The molecule has 1 aliphatic heterocycles. The molecular formula is C21H20N4. The van der Waals surface area contributed by atoms with Crippen LogP contribution in [0.1, 0.15) is 37.9 Å². The molecule has 25 heavy (non-hydrogen) atoms. The van der Waals surface area contributed by atoms with Crippen LogP contribution in [-0.4, -0.2) is 14.8 Å². The van der Waals surface area contributed by atoms with E-state index >= 15 is 0 Å². The minimum atomic E-state index is 0.164. The Labute approximate surface area is 147 Å². The van der Waals surface area contributed by atoms with Gasteiger partial charge in [-0.3, -0.25) is 9.67 Å². The van der Waals surface area contributed by atoms with E-state index in [1.54, 1.807) is 0 Å². The largest absolute Gasteiger partial charge is 0.267 e. The number of benzene rings is 1. The summed E-state index contributed by atoms with van der Waals surface area (Å²) in [6, 6.07) is 14.0. The minimum Gasteiger partial charge on any atom is -0.267 e. The topological polar surface area (TPSA) is 54.5 Å². The van der Waals surface area contributed by atoms with E-state index in [0.717, 1.165) is 28.9 Å². The van der Waals surface area contributed by atoms with E-state index in [1.165, 1.54) is 5.69 Å². The van der Waals surface area contributed by atoms with Gasteiger partial charge in [0.15, 0.2) is 0 Å². The molecule has 1 aromatic carbocycles. The van der Waals surface area contributed by atoms with Gasteiger partial charge in [0, 0.05) is 36.0 Å². The van der Waals surface area contributed by atoms with Gasteiger partial charge >= 0.3 is 0 Å². The van der Waals surface area contributed by atoms with Crippen LogP contribution in [0.2, 0.25) is 0 Å². The van der Waals surface area contributed by atoms with Gasteiger partial charge in [0.25, 0.3) is 0 Å². The van der Waals surface area contributed by atoms with E-state index in [0.29, 0.717) is 11.5 Å². The van der Waals surface area contributed by atoms with Gasteiger partial charge in [-0.2, -0.15) is 10.4 Å². The second-order valence-corrected chi connectivity index (χ2v) is 7.37. The van der Waals surface area contributed by atoms with Crippen molar-refractivity contribution in [1.29, 1.82) is 5.26 Å². The molecule has 0 saturated heterocycles. The first-order valence-electron chi connectivity index (χ1n) is 8.53. The highest BCUT2D eigenvalue weighted by Crippen LogP contribution is 2.49. The van der Waals surface area contributed by atoms with Gasteiger partial charge in [0.05, 0.1) is 17.3 Å². The number of fused-ring (bicyclic) bond motifs is 1. The fourth-order valence-electron chi connectivity index (χ4n) is 3.71. The number of nitriles is 1. The van der Waals surface area contributed by atoms with E-state index in [4.69, 9.17) is 5.10 Å². The molecule has 0 radical (unpaired) electrons. The summed E-state index contributed by atoms with van der Waals surface area (Å²) >= 11 is 0. The summed E-state index contributed by atoms with van der Waals surface area (Å²) in [5.74, 6) is 0.381. The maximum Gasteiger partial charge on any atom is 0.102 e. The van der Waals surface area contributed by atoms with Crippen LogP contribution in [-0.2, 0) is 6.54 Å². The molecule has 4 nitrogen and oxygen atoms in total. The van der Waals surface area contributed by atoms with Gasteiger partial charge < -0.3 is 0 Å². The number of aromatic nitrogens is 3. The highest BCUT2D eigenvalue weighted by molar-refractivity contribution is 5.85. The van der Waals surface area contributed by atoms with E-state index in [1.807, 2.05) is 48.8 Å². The van der Waals surface area contributed by atoms with Gasteiger partial charge in [-0.15, -0.1) is 0 Å². The SMILES string of the molecule is CC1c2c(-c3ccncc3)c(-c3ccccc3C#N)nn2CC1(C)C. The summed E-state index contributed by atoms with van der Waals surface area (Å²) in [4.78, 5) is 4.15. The Bertz CT molecular complexity index is 977. The first-order valence-corrected chi connectivity index (χ1v) is 8.53. The zero-order chi connectivity index (χ0) is 17.6. The Hall–Kier alpha value is -2.93. The van der Waals surface area contributed by atoms with Crippen LogP contribution in [0.4, 0.5) is 0 Å². The van der Waals surface area contributed by atoms with Crippen LogP contribution in [0.3, 0.4) is 0 Å². The maximum absolute atomic E-state index is 9.53. The molecule has 0 spiro atoms. The maximum atomic E-state index is 9.53. The fourth-order valence-corrected chi connectivity index (χ4v) is 3.71. The molecule has 0 bridgehead atoms. The molecule has 2 aromatic heterocycles. The third-order valence-electron chi connectivity index (χ3n) is 5.40. The lowest BCUT2D eigenvalue weighted by Crippen LogP contribution is -2.17. The molecule has 0 saturated carbocycles. The third-order valence-corrected chi connectivity index (χ3v) is 5.40. The van der Waals surface area contributed by atoms with Crippen LogP contribution < -0.4 is 0 Å². The number of rotatable bonds is 2. The van der Waals surface area contributed by atoms with Crippen molar-refractivity contribution >= 4 is 0 Å². The first kappa shape index (κ1) is 15.6. The molecule has 0 fully saturated rings. The molecule has 1 aliphatic rings. The standard InChI is InChI=1S/C21H20N4/c1-14-20-18(15-8-10-23-11-9-15)19(24-25(20)13-21(14,2)3)17-7-5-4-6-16(17)12-22/h4-11,14H,13H2,1-3H3. The van der Waals surface area contributed by atoms with Crippen LogP contribution in [0.25, 0.3) is 22.4 Å². The van der Waals surface area contributed by atoms with Crippen molar-refractivity contribution in [2.75, 3.05) is 0 Å². The number of nitrogens with zero attached hydrogens (tertiary/aromatic N) is 4. The summed E-state index contributed by atoms with van der Waals surface area (Å²) in [5.41, 5.74) is 6.08. The first-order chi connectivity index (χ1) is 12.0. The van der Waals surface area contributed by atoms with Gasteiger partial charge in [-0.1, -0.05) is 39.0 Å². The second-order valence-electron chi connectivity index (χ2n) is 7.37. The van der Waals surface area contributed by atoms with E-state index in [2.05, 4.69) is 36.5 Å². The molecule has 4 rings (SSSR count). The molecular weight excluding hydrogens is 308 g/mol. The highest BCUT2D eigenvalue weighted by atomic mass is 15.3. The van der Waals surface area contributed by atoms with Crippen molar-refractivity contribution in [2.45, 2.75) is 33.2 Å². The van der Waals surface area contributed by atoms with Crippen LogP contribution >= 0.6 is 0 Å². The minimum absolute atomic E-state index is 0.164. The molecule has 1 atom stereocenters. The summed E-state index contributed by atoms with van der Waals surface area (Å²) in [5, 5.41) is 14.5. The molecule has 124 valence electrons. The number of pyridine rings is 1. The smallest absolute Gasteiger partial charge is 0.102 e. The lowest BCUT2D eigenvalue weighted by molar-refractivity contribution is 0.301. The summed E-state index contributed by atoms with van der Waals surface area (Å²) in [6.45, 7) is 7.72. The predicted molar refractivity (Wildman–Crippen MR) is 97.8 cm³/mol. The van der Waals surface area contributed by atoms with Crippen LogP contribution in [0.15, 0.2) is 48.8 Å². The second kappa shape index (κ2) is 5.56. The summed E-state index contributed by atoms with van der Waals surface area (Å²) in [6.07, 6.45) is 3.62. The van der Waals surface area contributed by atoms with Crippen LogP contribution in [0.5, 0.6) is 0 Å². The van der Waals surface area contributed by atoms with Gasteiger partial charge in [0.1, 0.15) is 5.69 Å². The summed E-state index contributed by atoms with van der Waals surface area (Å²) < 4.78 is 2.13. The summed E-state index contributed by atoms with van der Waals surface area (Å²) in [7, 11) is 0. The molecule has 0 aliphatic carbocycles. The van der Waals surface area contributed by atoms with Gasteiger partial charge in [0.2, 0.25) is 0 Å². The van der Waals surface area contributed by atoms with Crippen molar-refractivity contribution in [3.8, 4) is 28.5 Å². The Kier molecular flexibility index (Phi) is 3.47. The Morgan fingerprint density at radius 2 is 1.88 bits per heavy atom. The Morgan fingerprint density at radius 1 is 1.16 bits per heavy atom. The van der Waals surface area contributed by atoms with Gasteiger partial charge in [-0.25, -0.2) is 0 Å². The average molecular weight is 328 g/mol. The zero-order valence-corrected chi connectivity index (χ0v) is 14.7. The molecule has 1 unspecified atom stereocenters. The van der Waals surface area contributed by atoms with E-state index < -0.39 is 0 Å². The normalized spacial score (nSPS) is 17.9. The molecule has 0 N–H and O–H groups in total. The molecule has 3 aromatic rings. The molecule has 3 heterocycles. The fraction of sp³-hybridized carbons (Fsp3) is 0.286.